The van der Waals surface area contributed by atoms with E-state index >= 15 is 0 Å². The summed E-state index contributed by atoms with van der Waals surface area (Å²) in [6, 6.07) is 8.51. The number of carbonyl (C=O) groups excluding carboxylic acids is 2. The molecule has 0 radical (unpaired) electrons. The number of benzene rings is 1. The summed E-state index contributed by atoms with van der Waals surface area (Å²) < 4.78 is 16.7. The molecule has 8 heteroatoms. The Morgan fingerprint density at radius 2 is 1.85 bits per heavy atom. The van der Waals surface area contributed by atoms with E-state index < -0.39 is 0 Å². The summed E-state index contributed by atoms with van der Waals surface area (Å²) in [7, 11) is 0. The Hall–Kier alpha value is -2.74. The van der Waals surface area contributed by atoms with Crippen molar-refractivity contribution in [1.29, 1.82) is 0 Å². The minimum atomic E-state index is -0.198. The number of halogens is 1. The highest BCUT2D eigenvalue weighted by molar-refractivity contribution is 5.76. The first-order valence-electron chi connectivity index (χ1n) is 14.9. The standard InChI is InChI=1S/C31H42FN5O2/c1-4-6-31(39)35-16-23(28(18-35)22-7-5-8-24(32)13-22)17-36-25-9-10-26(36)15-27(14-25)37-20(2)33-29-19-34(21(3)38)12-11-30(29)37/h5,7-8,13,23,25-28H,4,6,9-12,14-19H2,1-3H3/t23-,25-,26+,27?,28-/m1/s1. The number of imidazole rings is 1. The number of amides is 2. The largest absolute Gasteiger partial charge is 0.342 e. The average Bonchev–Trinajstić information content (AvgIpc) is 3.54. The Bertz CT molecular complexity index is 1230. The summed E-state index contributed by atoms with van der Waals surface area (Å²) in [5.41, 5.74) is 3.42. The highest BCUT2D eigenvalue weighted by Crippen LogP contribution is 2.44. The number of hydrogen-bond donors (Lipinski definition) is 0. The molecule has 7 nitrogen and oxygen atoms in total. The van der Waals surface area contributed by atoms with Crippen LogP contribution in [0.1, 0.15) is 87.1 Å². The lowest BCUT2D eigenvalue weighted by molar-refractivity contribution is -0.130. The van der Waals surface area contributed by atoms with Crippen LogP contribution in [-0.2, 0) is 22.6 Å². The van der Waals surface area contributed by atoms with E-state index in [1.165, 1.54) is 24.6 Å². The normalized spacial score (nSPS) is 28.7. The molecule has 0 N–H and O–H groups in total. The lowest BCUT2D eigenvalue weighted by Gasteiger charge is -2.42. The molecule has 0 saturated carbocycles. The number of aromatic nitrogens is 2. The molecule has 2 bridgehead atoms. The lowest BCUT2D eigenvalue weighted by atomic mass is 9.87. The zero-order valence-electron chi connectivity index (χ0n) is 23.6. The topological polar surface area (TPSA) is 61.7 Å². The van der Waals surface area contributed by atoms with E-state index in [0.717, 1.165) is 62.4 Å². The van der Waals surface area contributed by atoms with Gasteiger partial charge in [0.2, 0.25) is 11.8 Å². The third-order valence-corrected chi connectivity index (χ3v) is 9.88. The van der Waals surface area contributed by atoms with Gasteiger partial charge in [-0.15, -0.1) is 0 Å². The molecule has 4 aliphatic heterocycles. The SMILES string of the molecule is CCCC(=O)N1C[C@H](CN2[C@@H]3CC[C@H]2CC(n2c(C)nc4c2CCN(C(C)=O)C4)C3)[C@@H](c2cccc(F)c2)C1. The molecule has 1 aromatic carbocycles. The van der Waals surface area contributed by atoms with Crippen molar-refractivity contribution in [3.8, 4) is 0 Å². The maximum absolute atomic E-state index is 14.2. The molecule has 6 rings (SSSR count). The van der Waals surface area contributed by atoms with Gasteiger partial charge in [-0.05, 0) is 62.6 Å². The molecular formula is C31H42FN5O2. The van der Waals surface area contributed by atoms with Gasteiger partial charge in [-0.3, -0.25) is 14.5 Å². The van der Waals surface area contributed by atoms with Crippen LogP contribution in [0, 0.1) is 18.7 Å². The van der Waals surface area contributed by atoms with E-state index in [1.807, 2.05) is 15.9 Å². The van der Waals surface area contributed by atoms with E-state index in [9.17, 15) is 14.0 Å². The van der Waals surface area contributed by atoms with E-state index in [2.05, 4.69) is 23.3 Å². The maximum Gasteiger partial charge on any atom is 0.222 e. The van der Waals surface area contributed by atoms with Gasteiger partial charge in [-0.2, -0.15) is 0 Å². The maximum atomic E-state index is 14.2. The molecular weight excluding hydrogens is 493 g/mol. The number of fused-ring (bicyclic) bond motifs is 3. The van der Waals surface area contributed by atoms with Gasteiger partial charge in [-0.1, -0.05) is 19.1 Å². The summed E-state index contributed by atoms with van der Waals surface area (Å²) in [4.78, 5) is 36.4. The molecule has 1 aromatic heterocycles. The van der Waals surface area contributed by atoms with E-state index in [-0.39, 0.29) is 23.5 Å². The zero-order valence-corrected chi connectivity index (χ0v) is 23.6. The Labute approximate surface area is 231 Å². The van der Waals surface area contributed by atoms with Crippen molar-refractivity contribution in [2.24, 2.45) is 5.92 Å². The molecule has 2 aromatic rings. The predicted octanol–water partition coefficient (Wildman–Crippen LogP) is 4.45. The van der Waals surface area contributed by atoms with Crippen molar-refractivity contribution in [2.75, 3.05) is 26.2 Å². The molecule has 0 spiro atoms. The number of piperidine rings is 1. The number of rotatable bonds is 6. The molecule has 3 saturated heterocycles. The van der Waals surface area contributed by atoms with Gasteiger partial charge in [0.25, 0.3) is 0 Å². The molecule has 2 amide bonds. The first kappa shape index (κ1) is 26.5. The smallest absolute Gasteiger partial charge is 0.222 e. The number of likely N-dealkylation sites (tertiary alicyclic amines) is 1. The minimum Gasteiger partial charge on any atom is -0.342 e. The molecule has 5 heterocycles. The second-order valence-corrected chi connectivity index (χ2v) is 12.3. The van der Waals surface area contributed by atoms with Crippen molar-refractivity contribution in [2.45, 2.75) is 96.3 Å². The van der Waals surface area contributed by atoms with Crippen LogP contribution in [-0.4, -0.2) is 74.3 Å². The van der Waals surface area contributed by atoms with Crippen LogP contribution in [0.15, 0.2) is 24.3 Å². The molecule has 39 heavy (non-hydrogen) atoms. The minimum absolute atomic E-state index is 0.123. The van der Waals surface area contributed by atoms with Crippen LogP contribution in [0.25, 0.3) is 0 Å². The van der Waals surface area contributed by atoms with Crippen LogP contribution in [0.4, 0.5) is 4.39 Å². The number of nitrogens with zero attached hydrogens (tertiary/aromatic N) is 5. The molecule has 4 aliphatic rings. The summed E-state index contributed by atoms with van der Waals surface area (Å²) in [5.74, 6) is 1.72. The third-order valence-electron chi connectivity index (χ3n) is 9.88. The zero-order chi connectivity index (χ0) is 27.3. The molecule has 3 fully saturated rings. The summed E-state index contributed by atoms with van der Waals surface area (Å²) in [6.45, 7) is 9.63. The fourth-order valence-electron chi connectivity index (χ4n) is 8.07. The fraction of sp³-hybridized carbons (Fsp3) is 0.645. The van der Waals surface area contributed by atoms with Gasteiger partial charge >= 0.3 is 0 Å². The Kier molecular flexibility index (Phi) is 7.25. The van der Waals surface area contributed by atoms with Crippen LogP contribution in [0.3, 0.4) is 0 Å². The Morgan fingerprint density at radius 1 is 1.08 bits per heavy atom. The monoisotopic (exact) mass is 535 g/mol. The van der Waals surface area contributed by atoms with Gasteiger partial charge in [0.1, 0.15) is 11.6 Å². The van der Waals surface area contributed by atoms with Crippen LogP contribution in [0.5, 0.6) is 0 Å². The van der Waals surface area contributed by atoms with E-state index in [0.29, 0.717) is 43.6 Å². The second-order valence-electron chi connectivity index (χ2n) is 12.3. The first-order chi connectivity index (χ1) is 18.8. The van der Waals surface area contributed by atoms with Crippen molar-refractivity contribution in [3.05, 3.63) is 52.9 Å². The summed E-state index contributed by atoms with van der Waals surface area (Å²) in [5, 5.41) is 0. The van der Waals surface area contributed by atoms with E-state index in [1.54, 1.807) is 19.1 Å². The number of aryl methyl sites for hydroxylation is 1. The third kappa shape index (κ3) is 5.01. The Morgan fingerprint density at radius 3 is 2.54 bits per heavy atom. The summed E-state index contributed by atoms with van der Waals surface area (Å²) in [6.07, 6.45) is 6.98. The molecule has 0 aliphatic carbocycles. The van der Waals surface area contributed by atoms with Crippen LogP contribution < -0.4 is 0 Å². The van der Waals surface area contributed by atoms with Crippen LogP contribution >= 0.6 is 0 Å². The van der Waals surface area contributed by atoms with Gasteiger partial charge in [0.05, 0.1) is 12.2 Å². The average molecular weight is 536 g/mol. The quantitative estimate of drug-likeness (QED) is 0.549. The highest BCUT2D eigenvalue weighted by atomic mass is 19.1. The lowest BCUT2D eigenvalue weighted by Crippen LogP contribution is -2.47. The van der Waals surface area contributed by atoms with Gasteiger partial charge < -0.3 is 14.4 Å². The van der Waals surface area contributed by atoms with Crippen LogP contribution in [0.2, 0.25) is 0 Å². The van der Waals surface area contributed by atoms with Gasteiger partial charge in [0, 0.05) is 75.7 Å². The first-order valence-corrected chi connectivity index (χ1v) is 14.9. The predicted molar refractivity (Wildman–Crippen MR) is 148 cm³/mol. The summed E-state index contributed by atoms with van der Waals surface area (Å²) >= 11 is 0. The Balaban J connectivity index is 1.19. The molecule has 5 atom stereocenters. The number of carbonyl (C=O) groups is 2. The van der Waals surface area contributed by atoms with Crippen molar-refractivity contribution < 1.29 is 14.0 Å². The van der Waals surface area contributed by atoms with E-state index in [4.69, 9.17) is 4.98 Å². The molecule has 210 valence electrons. The van der Waals surface area contributed by atoms with Gasteiger partial charge in [0.15, 0.2) is 0 Å². The van der Waals surface area contributed by atoms with Crippen molar-refractivity contribution in [1.82, 2.24) is 24.3 Å². The fourth-order valence-corrected chi connectivity index (χ4v) is 8.07. The molecule has 1 unspecified atom stereocenters. The highest BCUT2D eigenvalue weighted by Gasteiger charge is 2.45. The van der Waals surface area contributed by atoms with Crippen molar-refractivity contribution >= 4 is 11.8 Å². The number of hydrogen-bond acceptors (Lipinski definition) is 4. The second kappa shape index (κ2) is 10.7. The van der Waals surface area contributed by atoms with Crippen molar-refractivity contribution in [3.63, 3.8) is 0 Å². The van der Waals surface area contributed by atoms with Gasteiger partial charge in [-0.25, -0.2) is 9.37 Å².